The zero-order valence-electron chi connectivity index (χ0n) is 22.6. The number of aliphatic hydroxyl groups excluding tert-OH is 1. The number of thioether (sulfide) groups is 1. The second-order valence-electron chi connectivity index (χ2n) is 11.1. The molecule has 5 heterocycles. The van der Waals surface area contributed by atoms with E-state index >= 15 is 0 Å². The molecule has 0 unspecified atom stereocenters. The number of aliphatic hydroxyl groups is 1. The minimum absolute atomic E-state index is 0.0291. The number of nitrogens with two attached hydrogens (primary N) is 1. The molecule has 7 N–H and O–H groups in total. The number of carbonyl (C=O) groups excluding carboxylic acids is 3. The van der Waals surface area contributed by atoms with Gasteiger partial charge in [0, 0.05) is 54.1 Å². The van der Waals surface area contributed by atoms with Crippen molar-refractivity contribution in [3.05, 3.63) is 16.9 Å². The lowest BCUT2D eigenvalue weighted by Gasteiger charge is -2.47. The number of carbonyl (C=O) groups is 4. The predicted octanol–water partition coefficient (Wildman–Crippen LogP) is -2.44. The number of rotatable bonds is 10. The van der Waals surface area contributed by atoms with E-state index in [-0.39, 0.29) is 65.9 Å². The number of fused-ring (bicyclic) bond motifs is 1. The first-order valence-electron chi connectivity index (χ1n) is 13.5. The Balaban J connectivity index is 1.21. The van der Waals surface area contributed by atoms with Gasteiger partial charge in [-0.2, -0.15) is 0 Å². The van der Waals surface area contributed by atoms with Crippen LogP contribution in [0.5, 0.6) is 0 Å². The standard InChI is InChI=1S/C24H34N10O6S/c1-10-19-18(11(2)29-17(36)8-33-9-28-30-31-33)23(38)34(19)20(24(39)40)21(10)41-13-4-14(27-5-13)22(37)32-6-12(3-16(25)26)15(35)7-32/h9-15,18-19,27,35H,3-8H2,1-2H3,(H3,25,26)(H,29,36)(H,39,40)/t10-,11-,12+,13+,14+,15+,18-,19-/m1/s1. The molecule has 5 rings (SSSR count). The highest BCUT2D eigenvalue weighted by atomic mass is 32.2. The fourth-order valence-corrected chi connectivity index (χ4v) is 7.86. The molecule has 4 aliphatic heterocycles. The lowest BCUT2D eigenvalue weighted by Crippen LogP contribution is -2.66. The van der Waals surface area contributed by atoms with Crippen molar-refractivity contribution in [1.29, 1.82) is 5.41 Å². The third kappa shape index (κ3) is 5.52. The van der Waals surface area contributed by atoms with E-state index in [1.807, 2.05) is 6.92 Å². The summed E-state index contributed by atoms with van der Waals surface area (Å²) >= 11 is 1.38. The molecular weight excluding hydrogens is 556 g/mol. The van der Waals surface area contributed by atoms with Crippen LogP contribution in [-0.2, 0) is 25.7 Å². The van der Waals surface area contributed by atoms with Crippen molar-refractivity contribution in [3.8, 4) is 0 Å². The molecule has 0 saturated carbocycles. The summed E-state index contributed by atoms with van der Waals surface area (Å²) in [7, 11) is 0. The van der Waals surface area contributed by atoms with Gasteiger partial charge in [-0.25, -0.2) is 9.48 Å². The number of aromatic nitrogens is 4. The van der Waals surface area contributed by atoms with Crippen molar-refractivity contribution in [2.75, 3.05) is 19.6 Å². The molecule has 17 heteroatoms. The first kappa shape index (κ1) is 28.9. The molecule has 0 spiro atoms. The van der Waals surface area contributed by atoms with Gasteiger partial charge in [0.05, 0.1) is 29.9 Å². The third-order valence-electron chi connectivity index (χ3n) is 8.30. The molecule has 0 bridgehead atoms. The number of aliphatic carboxylic acids is 1. The van der Waals surface area contributed by atoms with Gasteiger partial charge < -0.3 is 36.4 Å². The minimum atomic E-state index is -1.19. The molecular formula is C24H34N10O6S. The Kier molecular flexibility index (Phi) is 8.02. The van der Waals surface area contributed by atoms with Crippen LogP contribution >= 0.6 is 11.8 Å². The van der Waals surface area contributed by atoms with Gasteiger partial charge in [-0.1, -0.05) is 6.92 Å². The maximum Gasteiger partial charge on any atom is 0.353 e. The van der Waals surface area contributed by atoms with Crippen molar-refractivity contribution >= 4 is 41.3 Å². The number of amidine groups is 1. The summed E-state index contributed by atoms with van der Waals surface area (Å²) in [5, 5.41) is 44.4. The second kappa shape index (κ2) is 11.4. The van der Waals surface area contributed by atoms with Crippen molar-refractivity contribution in [2.24, 2.45) is 23.5 Å². The van der Waals surface area contributed by atoms with Gasteiger partial charge in [-0.3, -0.25) is 19.8 Å². The highest BCUT2D eigenvalue weighted by molar-refractivity contribution is 8.03. The number of carboxylic acids is 1. The Labute approximate surface area is 239 Å². The first-order chi connectivity index (χ1) is 19.5. The quantitative estimate of drug-likeness (QED) is 0.0948. The van der Waals surface area contributed by atoms with E-state index in [0.29, 0.717) is 24.4 Å². The van der Waals surface area contributed by atoms with Crippen LogP contribution in [0.2, 0.25) is 0 Å². The molecule has 16 nitrogen and oxygen atoms in total. The lowest BCUT2D eigenvalue weighted by atomic mass is 9.78. The topological polar surface area (TPSA) is 233 Å². The van der Waals surface area contributed by atoms with Gasteiger partial charge in [0.25, 0.3) is 0 Å². The van der Waals surface area contributed by atoms with Crippen LogP contribution in [0.4, 0.5) is 0 Å². The highest BCUT2D eigenvalue weighted by Gasteiger charge is 2.60. The highest BCUT2D eigenvalue weighted by Crippen LogP contribution is 2.51. The maximum absolute atomic E-state index is 13.2. The van der Waals surface area contributed by atoms with Crippen molar-refractivity contribution in [3.63, 3.8) is 0 Å². The Morgan fingerprint density at radius 2 is 2.10 bits per heavy atom. The van der Waals surface area contributed by atoms with Crippen LogP contribution in [0.25, 0.3) is 0 Å². The molecule has 4 aliphatic rings. The Hall–Kier alpha value is -3.57. The molecule has 8 atom stereocenters. The number of amides is 3. The number of nitrogens with one attached hydrogen (secondary N) is 3. The number of nitrogens with zero attached hydrogens (tertiary/aromatic N) is 6. The Bertz CT molecular complexity index is 1270. The summed E-state index contributed by atoms with van der Waals surface area (Å²) in [4.78, 5) is 54.6. The largest absolute Gasteiger partial charge is 0.477 e. The van der Waals surface area contributed by atoms with E-state index in [0.717, 1.165) is 0 Å². The fourth-order valence-electron chi connectivity index (χ4n) is 6.38. The molecule has 1 aromatic heterocycles. The van der Waals surface area contributed by atoms with Crippen LogP contribution < -0.4 is 16.4 Å². The smallest absolute Gasteiger partial charge is 0.353 e. The first-order valence-corrected chi connectivity index (χ1v) is 14.3. The van der Waals surface area contributed by atoms with Gasteiger partial charge in [0.2, 0.25) is 17.7 Å². The number of likely N-dealkylation sites (tertiary alicyclic amines) is 1. The Morgan fingerprint density at radius 1 is 1.34 bits per heavy atom. The fraction of sp³-hybridized carbons (Fsp3) is 0.667. The molecule has 1 aromatic rings. The third-order valence-corrected chi connectivity index (χ3v) is 9.81. The number of tetrazole rings is 1. The molecule has 3 amide bonds. The summed E-state index contributed by atoms with van der Waals surface area (Å²) in [6.07, 6.45) is 1.26. The molecule has 222 valence electrons. The summed E-state index contributed by atoms with van der Waals surface area (Å²) < 4.78 is 1.26. The van der Waals surface area contributed by atoms with E-state index in [9.17, 15) is 29.4 Å². The zero-order chi connectivity index (χ0) is 29.6. The minimum Gasteiger partial charge on any atom is -0.477 e. The summed E-state index contributed by atoms with van der Waals surface area (Å²) in [5.74, 6) is -3.21. The van der Waals surface area contributed by atoms with Crippen LogP contribution in [0.3, 0.4) is 0 Å². The van der Waals surface area contributed by atoms with Gasteiger partial charge in [-0.05, 0) is 23.8 Å². The molecule has 41 heavy (non-hydrogen) atoms. The average Bonchev–Trinajstić information content (AvgIpc) is 3.68. The summed E-state index contributed by atoms with van der Waals surface area (Å²) in [6.45, 7) is 4.49. The van der Waals surface area contributed by atoms with Gasteiger partial charge in [0.1, 0.15) is 18.6 Å². The maximum atomic E-state index is 13.2. The Morgan fingerprint density at radius 3 is 2.76 bits per heavy atom. The number of hydrogen-bond acceptors (Lipinski definition) is 11. The van der Waals surface area contributed by atoms with Crippen molar-refractivity contribution in [2.45, 2.75) is 62.7 Å². The second-order valence-corrected chi connectivity index (χ2v) is 12.5. The predicted molar refractivity (Wildman–Crippen MR) is 144 cm³/mol. The van der Waals surface area contributed by atoms with E-state index in [1.165, 1.54) is 27.7 Å². The lowest BCUT2D eigenvalue weighted by molar-refractivity contribution is -0.158. The molecule has 0 aliphatic carbocycles. The zero-order valence-corrected chi connectivity index (χ0v) is 23.5. The van der Waals surface area contributed by atoms with Crippen LogP contribution in [-0.4, -0.2) is 119 Å². The van der Waals surface area contributed by atoms with Crippen LogP contribution in [0.1, 0.15) is 26.7 Å². The number of hydrogen-bond donors (Lipinski definition) is 6. The van der Waals surface area contributed by atoms with Crippen LogP contribution in [0, 0.1) is 23.2 Å². The molecule has 3 saturated heterocycles. The van der Waals surface area contributed by atoms with E-state index < -0.39 is 36.1 Å². The molecule has 0 aromatic carbocycles. The van der Waals surface area contributed by atoms with Gasteiger partial charge in [-0.15, -0.1) is 16.9 Å². The monoisotopic (exact) mass is 590 g/mol. The van der Waals surface area contributed by atoms with Gasteiger partial charge in [0.15, 0.2) is 0 Å². The van der Waals surface area contributed by atoms with E-state index in [1.54, 1.807) is 11.8 Å². The average molecular weight is 591 g/mol. The van der Waals surface area contributed by atoms with E-state index in [2.05, 4.69) is 26.2 Å². The number of β-amino-alcohol motifs (C(OH)–C–C–N with tert-alkyl or cyclic N) is 1. The molecule has 3 fully saturated rings. The summed E-state index contributed by atoms with van der Waals surface area (Å²) in [6, 6.07) is -1.42. The van der Waals surface area contributed by atoms with Gasteiger partial charge >= 0.3 is 5.97 Å². The number of β-lactam (4-membered cyclic amide) rings is 1. The van der Waals surface area contributed by atoms with E-state index in [4.69, 9.17) is 11.1 Å². The van der Waals surface area contributed by atoms with Crippen LogP contribution in [0.15, 0.2) is 16.9 Å². The van der Waals surface area contributed by atoms with Crippen molar-refractivity contribution < 1.29 is 29.4 Å². The normalized spacial score (nSPS) is 31.7. The SMILES string of the molecule is C[C@@H](NC(=O)Cn1cnnn1)[C@H]1C(=O)N2C(C(=O)O)=C(S[C@@H]3CN[C@H](C(=O)N4C[C@H](CC(=N)N)[C@@H](O)C4)C3)[C@H](C)[C@H]12. The number of carboxylic acid groups (broad SMARTS) is 1. The van der Waals surface area contributed by atoms with Crippen molar-refractivity contribution in [1.82, 2.24) is 40.6 Å². The summed E-state index contributed by atoms with van der Waals surface area (Å²) in [5.41, 5.74) is 5.44. The molecule has 0 radical (unpaired) electrons.